The summed E-state index contributed by atoms with van der Waals surface area (Å²) in [5.74, 6) is 0. The zero-order valence-corrected chi connectivity index (χ0v) is 6.17. The molecule has 0 N–H and O–H groups in total. The van der Waals surface area contributed by atoms with Gasteiger partial charge in [-0.3, -0.25) is 0 Å². The van der Waals surface area contributed by atoms with Gasteiger partial charge in [-0.15, -0.1) is 11.8 Å². The first-order chi connectivity index (χ1) is 3.72. The molecule has 0 fully saturated rings. The van der Waals surface area contributed by atoms with Gasteiger partial charge in [0.25, 0.3) is 0 Å². The second kappa shape index (κ2) is 3.57. The van der Waals surface area contributed by atoms with Gasteiger partial charge in [0.15, 0.2) is 0 Å². The summed E-state index contributed by atoms with van der Waals surface area (Å²) >= 11 is 1.61. The third kappa shape index (κ3) is 2.04. The number of hydrogen-bond donors (Lipinski definition) is 0. The lowest BCUT2D eigenvalue weighted by Crippen LogP contribution is -1.71. The van der Waals surface area contributed by atoms with E-state index in [0.717, 1.165) is 10.5 Å². The first-order valence-corrected chi connectivity index (χ1v) is 3.56. The highest BCUT2D eigenvalue weighted by molar-refractivity contribution is 8.02. The zero-order valence-electron chi connectivity index (χ0n) is 5.36. The normalized spacial score (nSPS) is 12.2. The van der Waals surface area contributed by atoms with Crippen molar-refractivity contribution in [3.63, 3.8) is 0 Å². The number of thioether (sulfide) groups is 1. The van der Waals surface area contributed by atoms with E-state index in [2.05, 4.69) is 6.07 Å². The predicted octanol–water partition coefficient (Wildman–Crippen LogP) is 2.17. The van der Waals surface area contributed by atoms with Crippen LogP contribution in [0.4, 0.5) is 0 Å². The molecule has 2 heteroatoms. The molecule has 0 unspecified atom stereocenters. The fourth-order valence-corrected chi connectivity index (χ4v) is 0.584. The summed E-state index contributed by atoms with van der Waals surface area (Å²) in [7, 11) is 0. The highest BCUT2D eigenvalue weighted by Gasteiger charge is 1.89. The molecule has 0 saturated heterocycles. The second-order valence-electron chi connectivity index (χ2n) is 1.50. The lowest BCUT2D eigenvalue weighted by Gasteiger charge is -1.91. The van der Waals surface area contributed by atoms with Crippen LogP contribution in [0.1, 0.15) is 13.8 Å². The highest BCUT2D eigenvalue weighted by Crippen LogP contribution is 2.13. The molecule has 0 rings (SSSR count). The maximum atomic E-state index is 8.32. The molecule has 8 heavy (non-hydrogen) atoms. The van der Waals surface area contributed by atoms with Crippen LogP contribution < -0.4 is 0 Å². The third-order valence-electron chi connectivity index (χ3n) is 1.00. The molecular weight excluding hydrogens is 118 g/mol. The molecule has 0 aliphatic carbocycles. The summed E-state index contributed by atoms with van der Waals surface area (Å²) in [5, 5.41) is 8.32. The summed E-state index contributed by atoms with van der Waals surface area (Å²) in [6.45, 7) is 3.77. The van der Waals surface area contributed by atoms with Crippen molar-refractivity contribution in [3.05, 3.63) is 10.5 Å². The first-order valence-electron chi connectivity index (χ1n) is 2.34. The quantitative estimate of drug-likeness (QED) is 0.504. The Hall–Kier alpha value is -0.420. The molecule has 0 bridgehead atoms. The standard InChI is InChI=1S/C6H9NS/c1-5(4-7)6(2)8-3/h1-3H3/b6-5-. The molecular formula is C6H9NS. The Labute approximate surface area is 54.4 Å². The van der Waals surface area contributed by atoms with Crippen LogP contribution in [0.5, 0.6) is 0 Å². The van der Waals surface area contributed by atoms with Gasteiger partial charge in [0.05, 0.1) is 6.07 Å². The predicted molar refractivity (Wildman–Crippen MR) is 37.5 cm³/mol. The molecule has 0 atom stereocenters. The van der Waals surface area contributed by atoms with Crippen LogP contribution in [0.25, 0.3) is 0 Å². The maximum Gasteiger partial charge on any atom is 0.0952 e. The molecule has 1 nitrogen and oxygen atoms in total. The molecule has 44 valence electrons. The number of hydrogen-bond acceptors (Lipinski definition) is 2. The topological polar surface area (TPSA) is 23.8 Å². The molecule has 0 heterocycles. The second-order valence-corrected chi connectivity index (χ2v) is 2.52. The van der Waals surface area contributed by atoms with Crippen LogP contribution in [0.15, 0.2) is 10.5 Å². The van der Waals surface area contributed by atoms with Gasteiger partial charge in [0.1, 0.15) is 0 Å². The number of nitriles is 1. The SMILES string of the molecule is CS/C(C)=C(/C)C#N. The van der Waals surface area contributed by atoms with E-state index in [4.69, 9.17) is 5.26 Å². The number of nitrogens with zero attached hydrogens (tertiary/aromatic N) is 1. The fourth-order valence-electron chi connectivity index (χ4n) is 0.232. The van der Waals surface area contributed by atoms with Crippen molar-refractivity contribution < 1.29 is 0 Å². The van der Waals surface area contributed by atoms with Crippen molar-refractivity contribution in [2.24, 2.45) is 0 Å². The van der Waals surface area contributed by atoms with Gasteiger partial charge >= 0.3 is 0 Å². The molecule has 0 saturated carbocycles. The smallest absolute Gasteiger partial charge is 0.0952 e. The van der Waals surface area contributed by atoms with Gasteiger partial charge in [-0.1, -0.05) is 0 Å². The Morgan fingerprint density at radius 1 is 1.50 bits per heavy atom. The Morgan fingerprint density at radius 3 is 2.12 bits per heavy atom. The van der Waals surface area contributed by atoms with Crippen molar-refractivity contribution in [2.75, 3.05) is 6.26 Å². The molecule has 0 radical (unpaired) electrons. The Kier molecular flexibility index (Phi) is 3.38. The van der Waals surface area contributed by atoms with Crippen LogP contribution in [0.2, 0.25) is 0 Å². The Morgan fingerprint density at radius 2 is 2.00 bits per heavy atom. The number of rotatable bonds is 1. The third-order valence-corrected chi connectivity index (χ3v) is 1.92. The molecule has 0 amide bonds. The van der Waals surface area contributed by atoms with E-state index in [9.17, 15) is 0 Å². The van der Waals surface area contributed by atoms with E-state index < -0.39 is 0 Å². The Balaban J connectivity index is 4.10. The van der Waals surface area contributed by atoms with Gasteiger partial charge in [-0.25, -0.2) is 0 Å². The summed E-state index contributed by atoms with van der Waals surface area (Å²) in [4.78, 5) is 1.10. The molecule has 0 aromatic carbocycles. The van der Waals surface area contributed by atoms with Gasteiger partial charge < -0.3 is 0 Å². The van der Waals surface area contributed by atoms with Crippen molar-refractivity contribution in [3.8, 4) is 6.07 Å². The molecule has 0 aromatic rings. The number of allylic oxidation sites excluding steroid dienone is 2. The van der Waals surface area contributed by atoms with Crippen LogP contribution in [-0.2, 0) is 0 Å². The van der Waals surface area contributed by atoms with E-state index in [1.165, 1.54) is 0 Å². The summed E-state index contributed by atoms with van der Waals surface area (Å²) in [6, 6.07) is 2.07. The van der Waals surface area contributed by atoms with Crippen molar-refractivity contribution in [1.29, 1.82) is 5.26 Å². The lowest BCUT2D eigenvalue weighted by atomic mass is 10.3. The van der Waals surface area contributed by atoms with Crippen molar-refractivity contribution in [2.45, 2.75) is 13.8 Å². The van der Waals surface area contributed by atoms with E-state index >= 15 is 0 Å². The van der Waals surface area contributed by atoms with E-state index in [1.807, 2.05) is 20.1 Å². The minimum Gasteiger partial charge on any atom is -0.193 e. The van der Waals surface area contributed by atoms with Crippen LogP contribution in [-0.4, -0.2) is 6.26 Å². The average Bonchev–Trinajstić information content (AvgIpc) is 1.84. The molecule has 0 aromatic heterocycles. The van der Waals surface area contributed by atoms with E-state index in [0.29, 0.717) is 0 Å². The van der Waals surface area contributed by atoms with Gasteiger partial charge in [-0.05, 0) is 25.0 Å². The van der Waals surface area contributed by atoms with E-state index in [1.54, 1.807) is 11.8 Å². The van der Waals surface area contributed by atoms with Crippen molar-refractivity contribution >= 4 is 11.8 Å². The van der Waals surface area contributed by atoms with Crippen molar-refractivity contribution in [1.82, 2.24) is 0 Å². The largest absolute Gasteiger partial charge is 0.193 e. The fraction of sp³-hybridized carbons (Fsp3) is 0.500. The van der Waals surface area contributed by atoms with Crippen LogP contribution in [0.3, 0.4) is 0 Å². The maximum absolute atomic E-state index is 8.32. The summed E-state index contributed by atoms with van der Waals surface area (Å²) in [6.07, 6.45) is 1.97. The summed E-state index contributed by atoms with van der Waals surface area (Å²) < 4.78 is 0. The minimum absolute atomic E-state index is 0.817. The van der Waals surface area contributed by atoms with Gasteiger partial charge in [-0.2, -0.15) is 5.26 Å². The molecule has 0 aliphatic rings. The molecule has 0 spiro atoms. The van der Waals surface area contributed by atoms with E-state index in [-0.39, 0.29) is 0 Å². The van der Waals surface area contributed by atoms with Crippen LogP contribution >= 0.6 is 11.8 Å². The molecule has 0 aliphatic heterocycles. The Bertz CT molecular complexity index is 141. The highest BCUT2D eigenvalue weighted by atomic mass is 32.2. The zero-order chi connectivity index (χ0) is 6.57. The van der Waals surface area contributed by atoms with Gasteiger partial charge in [0, 0.05) is 5.57 Å². The minimum atomic E-state index is 0.817. The monoisotopic (exact) mass is 127 g/mol. The summed E-state index contributed by atoms with van der Waals surface area (Å²) in [5.41, 5.74) is 0.817. The van der Waals surface area contributed by atoms with Crippen LogP contribution in [0, 0.1) is 11.3 Å². The lowest BCUT2D eigenvalue weighted by molar-refractivity contribution is 1.41. The first kappa shape index (κ1) is 7.58. The van der Waals surface area contributed by atoms with Gasteiger partial charge in [0.2, 0.25) is 0 Å². The average molecular weight is 127 g/mol.